The van der Waals surface area contributed by atoms with E-state index in [0.29, 0.717) is 44.6 Å². The third-order valence-corrected chi connectivity index (χ3v) is 11.1. The van der Waals surface area contributed by atoms with Crippen LogP contribution in [0.4, 0.5) is 10.1 Å². The zero-order valence-corrected chi connectivity index (χ0v) is 30.7. The first-order valence-electron chi connectivity index (χ1n) is 18.8. The van der Waals surface area contributed by atoms with Crippen molar-refractivity contribution in [2.75, 3.05) is 51.8 Å². The van der Waals surface area contributed by atoms with E-state index in [9.17, 15) is 9.59 Å². The first-order chi connectivity index (χ1) is 25.2. The van der Waals surface area contributed by atoms with Gasteiger partial charge in [-0.3, -0.25) is 14.5 Å². The number of fused-ring (bicyclic) bond motifs is 1. The minimum absolute atomic E-state index is 0.175. The standard InChI is InChI=1S/C40H51FN8O3/c1-4-35-33(36(44-30-11-19-52-20-12-30)32-23-43-49(5-2)37(32)45-35)26-48(39(51)40(13-14-40)38(42)50)25-28-9-10-34(41)31(22-28)29-8-6-7-27(21-29)24-47-17-15-46(3)16-18-47/h6-10,21-23,30H,4-5,11-20,24-26H2,1-3H3,(H2,42,50)(H,44,45). The fraction of sp³-hybridized carbons (Fsp3) is 0.500. The highest BCUT2D eigenvalue weighted by atomic mass is 19.1. The average Bonchev–Trinajstić information content (AvgIpc) is 3.88. The van der Waals surface area contributed by atoms with Crippen LogP contribution in [0.1, 0.15) is 61.9 Å². The number of piperazine rings is 1. The molecule has 3 N–H and O–H groups in total. The summed E-state index contributed by atoms with van der Waals surface area (Å²) in [5, 5.41) is 9.33. The second-order valence-electron chi connectivity index (χ2n) is 14.7. The van der Waals surface area contributed by atoms with Gasteiger partial charge in [0, 0.05) is 88.4 Å². The number of carbonyl (C=O) groups excluding carboxylic acids is 2. The number of nitrogens with zero attached hydrogens (tertiary/aromatic N) is 6. The molecule has 2 aromatic heterocycles. The number of rotatable bonds is 13. The summed E-state index contributed by atoms with van der Waals surface area (Å²) in [4.78, 5) is 38.7. The predicted molar refractivity (Wildman–Crippen MR) is 200 cm³/mol. The molecule has 0 atom stereocenters. The molecule has 4 heterocycles. The number of primary amides is 1. The van der Waals surface area contributed by atoms with Crippen molar-refractivity contribution in [3.05, 3.63) is 76.9 Å². The molecule has 0 bridgehead atoms. The van der Waals surface area contributed by atoms with E-state index in [0.717, 1.165) is 90.2 Å². The van der Waals surface area contributed by atoms with Crippen molar-refractivity contribution in [3.63, 3.8) is 0 Å². The van der Waals surface area contributed by atoms with Gasteiger partial charge in [0.25, 0.3) is 0 Å². The van der Waals surface area contributed by atoms with Crippen LogP contribution in [0.2, 0.25) is 0 Å². The van der Waals surface area contributed by atoms with Gasteiger partial charge in [-0.2, -0.15) is 5.10 Å². The second-order valence-corrected chi connectivity index (χ2v) is 14.7. The molecular formula is C40H51FN8O3. The summed E-state index contributed by atoms with van der Waals surface area (Å²) in [5.41, 5.74) is 11.3. The molecule has 2 aliphatic heterocycles. The van der Waals surface area contributed by atoms with Gasteiger partial charge in [-0.05, 0) is 81.0 Å². The molecule has 276 valence electrons. The fourth-order valence-corrected chi connectivity index (χ4v) is 7.68. The van der Waals surface area contributed by atoms with Crippen molar-refractivity contribution in [2.45, 2.75) is 78.2 Å². The van der Waals surface area contributed by atoms with E-state index in [1.54, 1.807) is 11.0 Å². The largest absolute Gasteiger partial charge is 0.381 e. The van der Waals surface area contributed by atoms with Crippen LogP contribution >= 0.6 is 0 Å². The number of hydrogen-bond donors (Lipinski definition) is 2. The van der Waals surface area contributed by atoms with Gasteiger partial charge in [-0.15, -0.1) is 0 Å². The van der Waals surface area contributed by atoms with Crippen LogP contribution in [-0.2, 0) is 46.9 Å². The van der Waals surface area contributed by atoms with E-state index in [1.807, 2.05) is 36.0 Å². The molecule has 1 aliphatic carbocycles. The molecule has 2 amide bonds. The number of ether oxygens (including phenoxy) is 1. The zero-order valence-electron chi connectivity index (χ0n) is 30.7. The van der Waals surface area contributed by atoms with E-state index in [-0.39, 0.29) is 30.9 Å². The Balaban J connectivity index is 1.24. The number of benzene rings is 2. The monoisotopic (exact) mass is 710 g/mol. The molecule has 2 aromatic carbocycles. The van der Waals surface area contributed by atoms with E-state index in [2.05, 4.69) is 46.3 Å². The molecule has 11 nitrogen and oxygen atoms in total. The quantitative estimate of drug-likeness (QED) is 0.187. The Morgan fingerprint density at radius 1 is 1.04 bits per heavy atom. The summed E-state index contributed by atoms with van der Waals surface area (Å²) in [6.07, 6.45) is 5.03. The van der Waals surface area contributed by atoms with Gasteiger partial charge >= 0.3 is 0 Å². The lowest BCUT2D eigenvalue weighted by Crippen LogP contribution is -2.43. The minimum atomic E-state index is -1.23. The average molecular weight is 711 g/mol. The molecule has 7 rings (SSSR count). The second kappa shape index (κ2) is 15.3. The highest BCUT2D eigenvalue weighted by Gasteiger charge is 2.57. The number of nitrogens with one attached hydrogen (secondary N) is 1. The summed E-state index contributed by atoms with van der Waals surface area (Å²) in [7, 11) is 2.14. The van der Waals surface area contributed by atoms with Gasteiger partial charge in [0.1, 0.15) is 11.2 Å². The highest BCUT2D eigenvalue weighted by molar-refractivity contribution is 6.07. The summed E-state index contributed by atoms with van der Waals surface area (Å²) in [6.45, 7) is 11.4. The molecule has 12 heteroatoms. The number of nitrogens with two attached hydrogens (primary N) is 1. The molecule has 1 saturated carbocycles. The first kappa shape index (κ1) is 36.0. The number of hydrogen-bond acceptors (Lipinski definition) is 8. The molecule has 4 aromatic rings. The third-order valence-electron chi connectivity index (χ3n) is 11.1. The smallest absolute Gasteiger partial charge is 0.238 e. The Labute approximate surface area is 305 Å². The van der Waals surface area contributed by atoms with Crippen molar-refractivity contribution in [1.82, 2.24) is 29.5 Å². The van der Waals surface area contributed by atoms with Crippen LogP contribution in [0.25, 0.3) is 22.2 Å². The molecule has 0 radical (unpaired) electrons. The Hall–Kier alpha value is -4.39. The van der Waals surface area contributed by atoms with Crippen molar-refractivity contribution < 1.29 is 18.7 Å². The Bertz CT molecular complexity index is 1930. The summed E-state index contributed by atoms with van der Waals surface area (Å²) >= 11 is 0. The van der Waals surface area contributed by atoms with Gasteiger partial charge in [0.05, 0.1) is 17.3 Å². The molecular weight excluding hydrogens is 659 g/mol. The maximum Gasteiger partial charge on any atom is 0.238 e. The highest BCUT2D eigenvalue weighted by Crippen LogP contribution is 2.48. The normalized spacial score (nSPS) is 18.1. The molecule has 2 saturated heterocycles. The summed E-state index contributed by atoms with van der Waals surface area (Å²) < 4.78 is 23.1. The van der Waals surface area contributed by atoms with Crippen LogP contribution in [0.5, 0.6) is 0 Å². The molecule has 0 unspecified atom stereocenters. The minimum Gasteiger partial charge on any atom is -0.381 e. The number of aryl methyl sites for hydroxylation is 2. The van der Waals surface area contributed by atoms with E-state index in [4.69, 9.17) is 15.5 Å². The number of pyridine rings is 1. The van der Waals surface area contributed by atoms with Crippen molar-refractivity contribution >= 4 is 28.5 Å². The Kier molecular flexibility index (Phi) is 10.6. The number of likely N-dealkylation sites (N-methyl/N-ethyl adjacent to an activating group) is 1. The fourth-order valence-electron chi connectivity index (χ4n) is 7.68. The van der Waals surface area contributed by atoms with Crippen LogP contribution < -0.4 is 11.1 Å². The lowest BCUT2D eigenvalue weighted by molar-refractivity contribution is -0.144. The molecule has 3 aliphatic rings. The predicted octanol–water partition coefficient (Wildman–Crippen LogP) is 4.95. The van der Waals surface area contributed by atoms with Gasteiger partial charge in [-0.25, -0.2) is 14.1 Å². The van der Waals surface area contributed by atoms with Crippen molar-refractivity contribution in [3.8, 4) is 11.1 Å². The van der Waals surface area contributed by atoms with Crippen molar-refractivity contribution in [1.29, 1.82) is 0 Å². The van der Waals surface area contributed by atoms with E-state index >= 15 is 4.39 Å². The maximum atomic E-state index is 15.6. The number of aromatic nitrogens is 3. The number of anilines is 1. The number of amides is 2. The van der Waals surface area contributed by atoms with Crippen LogP contribution in [0.3, 0.4) is 0 Å². The zero-order chi connectivity index (χ0) is 36.4. The molecule has 0 spiro atoms. The van der Waals surface area contributed by atoms with Gasteiger partial charge in [0.2, 0.25) is 11.8 Å². The lowest BCUT2D eigenvalue weighted by atomic mass is 9.98. The van der Waals surface area contributed by atoms with Crippen LogP contribution in [0.15, 0.2) is 48.7 Å². The molecule has 52 heavy (non-hydrogen) atoms. The maximum absolute atomic E-state index is 15.6. The lowest BCUT2D eigenvalue weighted by Gasteiger charge is -2.32. The summed E-state index contributed by atoms with van der Waals surface area (Å²) in [6, 6.07) is 13.3. The Morgan fingerprint density at radius 2 is 1.81 bits per heavy atom. The number of carbonyl (C=O) groups is 2. The van der Waals surface area contributed by atoms with Crippen molar-refractivity contribution in [2.24, 2.45) is 11.1 Å². The third kappa shape index (κ3) is 7.42. The first-order valence-corrected chi connectivity index (χ1v) is 18.8. The topological polar surface area (TPSA) is 122 Å². The van der Waals surface area contributed by atoms with Crippen LogP contribution in [0, 0.1) is 11.2 Å². The van der Waals surface area contributed by atoms with Crippen LogP contribution in [-0.4, -0.2) is 93.8 Å². The van der Waals surface area contributed by atoms with Gasteiger partial charge in [-0.1, -0.05) is 31.2 Å². The Morgan fingerprint density at radius 3 is 2.50 bits per heavy atom. The van der Waals surface area contributed by atoms with Gasteiger partial charge < -0.3 is 25.6 Å². The summed E-state index contributed by atoms with van der Waals surface area (Å²) in [5.74, 6) is -1.23. The van der Waals surface area contributed by atoms with Gasteiger partial charge in [0.15, 0.2) is 5.65 Å². The number of halogens is 1. The SMILES string of the molecule is CCc1nc2c(cnn2CC)c(NC2CCOCC2)c1CN(Cc1ccc(F)c(-c2cccc(CN3CCN(C)CC3)c2)c1)C(=O)C1(C(N)=O)CC1. The van der Waals surface area contributed by atoms with E-state index < -0.39 is 11.3 Å². The molecule has 3 fully saturated rings. The van der Waals surface area contributed by atoms with E-state index in [1.165, 1.54) is 6.07 Å².